The highest BCUT2D eigenvalue weighted by atomic mass is 15.3. The van der Waals surface area contributed by atoms with Crippen LogP contribution in [0.3, 0.4) is 0 Å². The normalized spacial score (nSPS) is 18.2. The van der Waals surface area contributed by atoms with Crippen molar-refractivity contribution in [3.05, 3.63) is 35.8 Å². The first-order valence-electron chi connectivity index (χ1n) is 9.06. The summed E-state index contributed by atoms with van der Waals surface area (Å²) in [4.78, 5) is 7.21. The van der Waals surface area contributed by atoms with E-state index in [0.29, 0.717) is 12.1 Å². The fourth-order valence-electron chi connectivity index (χ4n) is 3.52. The van der Waals surface area contributed by atoms with Crippen LogP contribution in [-0.2, 0) is 6.54 Å². The Morgan fingerprint density at radius 3 is 2.88 bits per heavy atom. The minimum absolute atomic E-state index is 0.375. The van der Waals surface area contributed by atoms with E-state index in [-0.39, 0.29) is 0 Å². The van der Waals surface area contributed by atoms with Gasteiger partial charge in [0.05, 0.1) is 24.1 Å². The average molecular weight is 327 g/mol. The molecule has 3 rings (SSSR count). The van der Waals surface area contributed by atoms with Crippen molar-refractivity contribution in [1.29, 1.82) is 0 Å². The number of pyridine rings is 1. The smallest absolute Gasteiger partial charge is 0.131 e. The van der Waals surface area contributed by atoms with E-state index in [9.17, 15) is 0 Å². The molecule has 0 bridgehead atoms. The summed E-state index contributed by atoms with van der Waals surface area (Å²) >= 11 is 0. The molecule has 1 aliphatic heterocycles. The number of piperidine rings is 1. The van der Waals surface area contributed by atoms with Gasteiger partial charge in [-0.25, -0.2) is 4.98 Å². The molecule has 0 aliphatic carbocycles. The van der Waals surface area contributed by atoms with Crippen molar-refractivity contribution in [3.63, 3.8) is 0 Å². The Bertz CT molecular complexity index is 676. The zero-order valence-electron chi connectivity index (χ0n) is 15.3. The monoisotopic (exact) mass is 327 g/mol. The van der Waals surface area contributed by atoms with Gasteiger partial charge in [0.25, 0.3) is 0 Å². The van der Waals surface area contributed by atoms with Crippen LogP contribution in [-0.4, -0.2) is 27.4 Å². The number of nitrogens with one attached hydrogen (secondary N) is 1. The van der Waals surface area contributed by atoms with Gasteiger partial charge in [0, 0.05) is 24.8 Å². The molecule has 1 unspecified atom stereocenters. The Morgan fingerprint density at radius 1 is 1.33 bits per heavy atom. The van der Waals surface area contributed by atoms with E-state index < -0.39 is 0 Å². The summed E-state index contributed by atoms with van der Waals surface area (Å²) in [6, 6.07) is 5.24. The minimum Gasteiger partial charge on any atom is -0.378 e. The van der Waals surface area contributed by atoms with E-state index in [1.165, 1.54) is 30.5 Å². The van der Waals surface area contributed by atoms with Crippen molar-refractivity contribution < 1.29 is 0 Å². The highest BCUT2D eigenvalue weighted by Gasteiger charge is 2.21. The lowest BCUT2D eigenvalue weighted by Crippen LogP contribution is -2.38. The summed E-state index contributed by atoms with van der Waals surface area (Å²) in [5, 5.41) is 7.87. The van der Waals surface area contributed by atoms with E-state index in [4.69, 9.17) is 4.98 Å². The lowest BCUT2D eigenvalue weighted by Gasteiger charge is -2.35. The number of aromatic nitrogens is 3. The Kier molecular flexibility index (Phi) is 5.07. The molecule has 1 N–H and O–H groups in total. The molecule has 0 amide bonds. The average Bonchev–Trinajstić information content (AvgIpc) is 3.03. The zero-order valence-corrected chi connectivity index (χ0v) is 15.3. The lowest BCUT2D eigenvalue weighted by molar-refractivity contribution is 0.480. The molecule has 2 aromatic heterocycles. The second kappa shape index (κ2) is 7.24. The predicted octanol–water partition coefficient (Wildman–Crippen LogP) is 4.16. The largest absolute Gasteiger partial charge is 0.378 e. The Labute approximate surface area is 145 Å². The van der Waals surface area contributed by atoms with E-state index in [1.54, 1.807) is 0 Å². The third-order valence-corrected chi connectivity index (χ3v) is 4.84. The Morgan fingerprint density at radius 2 is 2.17 bits per heavy atom. The van der Waals surface area contributed by atoms with Gasteiger partial charge in [-0.15, -0.1) is 0 Å². The van der Waals surface area contributed by atoms with Crippen molar-refractivity contribution in [2.24, 2.45) is 0 Å². The molecule has 0 saturated carbocycles. The summed E-state index contributed by atoms with van der Waals surface area (Å²) in [6.45, 7) is 10.6. The molecular formula is C19H29N5. The second-order valence-corrected chi connectivity index (χ2v) is 7.12. The summed E-state index contributed by atoms with van der Waals surface area (Å²) in [6.07, 6.45) is 7.69. The molecule has 5 heteroatoms. The van der Waals surface area contributed by atoms with Crippen LogP contribution in [0.4, 0.5) is 11.5 Å². The molecule has 24 heavy (non-hydrogen) atoms. The number of anilines is 2. The predicted molar refractivity (Wildman–Crippen MR) is 99.6 cm³/mol. The molecule has 2 aromatic rings. The topological polar surface area (TPSA) is 46.0 Å². The fourth-order valence-corrected chi connectivity index (χ4v) is 3.52. The van der Waals surface area contributed by atoms with Gasteiger partial charge in [-0.05, 0) is 64.7 Å². The van der Waals surface area contributed by atoms with Gasteiger partial charge < -0.3 is 10.2 Å². The first kappa shape index (κ1) is 16.8. The van der Waals surface area contributed by atoms with Crippen LogP contribution in [0.25, 0.3) is 0 Å². The van der Waals surface area contributed by atoms with Crippen LogP contribution in [0.5, 0.6) is 0 Å². The third kappa shape index (κ3) is 3.55. The maximum Gasteiger partial charge on any atom is 0.131 e. The molecule has 1 fully saturated rings. The number of nitrogens with zero attached hydrogens (tertiary/aromatic N) is 4. The summed E-state index contributed by atoms with van der Waals surface area (Å²) in [5.41, 5.74) is 3.50. The second-order valence-electron chi connectivity index (χ2n) is 7.12. The molecule has 0 radical (unpaired) electrons. The van der Waals surface area contributed by atoms with Crippen molar-refractivity contribution in [2.75, 3.05) is 16.8 Å². The maximum absolute atomic E-state index is 4.75. The van der Waals surface area contributed by atoms with Gasteiger partial charge in [-0.1, -0.05) is 0 Å². The van der Waals surface area contributed by atoms with Crippen molar-refractivity contribution in [2.45, 2.75) is 65.6 Å². The minimum atomic E-state index is 0.375. The van der Waals surface area contributed by atoms with Gasteiger partial charge in [-0.2, -0.15) is 5.10 Å². The van der Waals surface area contributed by atoms with Crippen molar-refractivity contribution >= 4 is 11.5 Å². The molecule has 0 spiro atoms. The summed E-state index contributed by atoms with van der Waals surface area (Å²) < 4.78 is 2.05. The molecule has 1 aliphatic rings. The van der Waals surface area contributed by atoms with Crippen LogP contribution in [0.2, 0.25) is 0 Å². The molecule has 0 aromatic carbocycles. The van der Waals surface area contributed by atoms with E-state index in [2.05, 4.69) is 59.8 Å². The van der Waals surface area contributed by atoms with Gasteiger partial charge in [0.2, 0.25) is 0 Å². The Balaban J connectivity index is 1.69. The van der Waals surface area contributed by atoms with Gasteiger partial charge in [-0.3, -0.25) is 4.68 Å². The molecular weight excluding hydrogens is 298 g/mol. The lowest BCUT2D eigenvalue weighted by atomic mass is 10.0. The maximum atomic E-state index is 4.75. The molecule has 130 valence electrons. The number of hydrogen-bond donors (Lipinski definition) is 1. The Hall–Kier alpha value is -2.04. The summed E-state index contributed by atoms with van der Waals surface area (Å²) in [7, 11) is 0. The third-order valence-electron chi connectivity index (χ3n) is 4.84. The first-order valence-corrected chi connectivity index (χ1v) is 9.06. The fraction of sp³-hybridized carbons (Fsp3) is 0.579. The van der Waals surface area contributed by atoms with Crippen molar-refractivity contribution in [1.82, 2.24) is 14.8 Å². The van der Waals surface area contributed by atoms with Crippen LogP contribution >= 0.6 is 0 Å². The number of rotatable bonds is 5. The zero-order chi connectivity index (χ0) is 17.1. The number of aryl methyl sites for hydroxylation is 1. The van der Waals surface area contributed by atoms with Gasteiger partial charge in [0.1, 0.15) is 5.82 Å². The quantitative estimate of drug-likeness (QED) is 0.896. The number of hydrogen-bond acceptors (Lipinski definition) is 4. The van der Waals surface area contributed by atoms with E-state index >= 15 is 0 Å². The van der Waals surface area contributed by atoms with Crippen LogP contribution in [0.1, 0.15) is 57.3 Å². The SMILES string of the molecule is Cc1cc(NCc2ccnn2C(C)C)cnc1N1CCCCC1C. The first-order chi connectivity index (χ1) is 11.6. The molecule has 5 nitrogen and oxygen atoms in total. The van der Waals surface area contributed by atoms with Crippen molar-refractivity contribution in [3.8, 4) is 0 Å². The van der Waals surface area contributed by atoms with Crippen LogP contribution < -0.4 is 10.2 Å². The standard InChI is InChI=1S/C19H29N5/c1-14(2)24-18(8-9-22-24)13-20-17-11-15(3)19(21-12-17)23-10-6-5-7-16(23)4/h8-9,11-12,14,16,20H,5-7,10,13H2,1-4H3. The van der Waals surface area contributed by atoms with Crippen LogP contribution in [0, 0.1) is 6.92 Å². The molecule has 1 saturated heterocycles. The highest BCUT2D eigenvalue weighted by Crippen LogP contribution is 2.27. The van der Waals surface area contributed by atoms with E-state index in [0.717, 1.165) is 24.6 Å². The van der Waals surface area contributed by atoms with Gasteiger partial charge in [0.15, 0.2) is 0 Å². The van der Waals surface area contributed by atoms with Crippen LogP contribution in [0.15, 0.2) is 24.5 Å². The van der Waals surface area contributed by atoms with Gasteiger partial charge >= 0.3 is 0 Å². The summed E-state index contributed by atoms with van der Waals surface area (Å²) in [5.74, 6) is 1.14. The molecule has 1 atom stereocenters. The highest BCUT2D eigenvalue weighted by molar-refractivity contribution is 5.55. The van der Waals surface area contributed by atoms with E-state index in [1.807, 2.05) is 12.4 Å². The molecule has 3 heterocycles.